The van der Waals surface area contributed by atoms with Crippen molar-refractivity contribution in [1.82, 2.24) is 4.98 Å². The van der Waals surface area contributed by atoms with E-state index in [9.17, 15) is 9.59 Å². The first-order chi connectivity index (χ1) is 10.0. The monoisotopic (exact) mass is 285 g/mol. The van der Waals surface area contributed by atoms with E-state index in [1.807, 2.05) is 31.2 Å². The predicted octanol–water partition coefficient (Wildman–Crippen LogP) is 2.63. The van der Waals surface area contributed by atoms with E-state index in [0.29, 0.717) is 5.56 Å². The van der Waals surface area contributed by atoms with E-state index in [1.54, 1.807) is 12.1 Å². The van der Waals surface area contributed by atoms with Crippen molar-refractivity contribution in [3.8, 4) is 11.1 Å². The van der Waals surface area contributed by atoms with Crippen molar-refractivity contribution >= 4 is 11.9 Å². The van der Waals surface area contributed by atoms with Gasteiger partial charge in [0.15, 0.2) is 0 Å². The van der Waals surface area contributed by atoms with Gasteiger partial charge in [-0.05, 0) is 30.2 Å². The topological polar surface area (TPSA) is 65.5 Å². The van der Waals surface area contributed by atoms with Crippen molar-refractivity contribution in [3.05, 3.63) is 53.3 Å². The summed E-state index contributed by atoms with van der Waals surface area (Å²) in [6, 6.07) is 10.9. The zero-order chi connectivity index (χ0) is 15.4. The van der Waals surface area contributed by atoms with Crippen LogP contribution in [0.2, 0.25) is 0 Å². The second kappa shape index (κ2) is 6.17. The molecule has 0 saturated carbocycles. The Labute approximate surface area is 122 Å². The molecule has 0 saturated heterocycles. The molecule has 0 aliphatic heterocycles. The Bertz CT molecular complexity index is 660. The van der Waals surface area contributed by atoms with Crippen LogP contribution in [0.1, 0.15) is 26.5 Å². The molecule has 0 spiro atoms. The van der Waals surface area contributed by atoms with Gasteiger partial charge in [-0.1, -0.05) is 29.8 Å². The average molecular weight is 285 g/mol. The third kappa shape index (κ3) is 3.25. The number of rotatable bonds is 3. The molecule has 0 radical (unpaired) electrons. The number of nitrogens with zero attached hydrogens (tertiary/aromatic N) is 1. The largest absolute Gasteiger partial charge is 0.464 e. The van der Waals surface area contributed by atoms with Crippen LogP contribution in [0.15, 0.2) is 36.4 Å². The first-order valence-corrected chi connectivity index (χ1v) is 6.31. The van der Waals surface area contributed by atoms with E-state index in [1.165, 1.54) is 14.2 Å². The van der Waals surface area contributed by atoms with Crippen molar-refractivity contribution in [2.75, 3.05) is 14.2 Å². The molecule has 5 heteroatoms. The standard InChI is InChI=1S/C16H15NO4/c1-10-5-4-6-11(7-10)12-8-13(15(18)20-2)17-14(9-12)16(19)21-3/h4-9H,1-3H3. The van der Waals surface area contributed by atoms with Gasteiger partial charge < -0.3 is 9.47 Å². The molecule has 5 nitrogen and oxygen atoms in total. The fraction of sp³-hybridized carbons (Fsp3) is 0.188. The normalized spacial score (nSPS) is 10.0. The van der Waals surface area contributed by atoms with E-state index < -0.39 is 11.9 Å². The highest BCUT2D eigenvalue weighted by atomic mass is 16.5. The van der Waals surface area contributed by atoms with Gasteiger partial charge in [-0.15, -0.1) is 0 Å². The van der Waals surface area contributed by atoms with Crippen molar-refractivity contribution < 1.29 is 19.1 Å². The fourth-order valence-electron chi connectivity index (χ4n) is 1.94. The SMILES string of the molecule is COC(=O)c1cc(-c2cccc(C)c2)cc(C(=O)OC)n1. The summed E-state index contributed by atoms with van der Waals surface area (Å²) < 4.78 is 9.33. The summed E-state index contributed by atoms with van der Waals surface area (Å²) in [4.78, 5) is 27.4. The Morgan fingerprint density at radius 3 is 1.95 bits per heavy atom. The van der Waals surface area contributed by atoms with Gasteiger partial charge in [0, 0.05) is 0 Å². The average Bonchev–Trinajstić information content (AvgIpc) is 2.52. The van der Waals surface area contributed by atoms with Crippen LogP contribution in [-0.4, -0.2) is 31.1 Å². The summed E-state index contributed by atoms with van der Waals surface area (Å²) in [5.74, 6) is -1.20. The Morgan fingerprint density at radius 1 is 0.905 bits per heavy atom. The first kappa shape index (κ1) is 14.7. The zero-order valence-electron chi connectivity index (χ0n) is 12.0. The Morgan fingerprint density at radius 2 is 1.48 bits per heavy atom. The number of ether oxygens (including phenoxy) is 2. The van der Waals surface area contributed by atoms with Gasteiger partial charge in [-0.3, -0.25) is 0 Å². The highest BCUT2D eigenvalue weighted by Crippen LogP contribution is 2.22. The lowest BCUT2D eigenvalue weighted by molar-refractivity contribution is 0.0586. The third-order valence-electron chi connectivity index (χ3n) is 2.97. The number of esters is 2. The van der Waals surface area contributed by atoms with Crippen LogP contribution in [0.25, 0.3) is 11.1 Å². The molecular formula is C16H15NO4. The molecule has 1 aromatic carbocycles. The van der Waals surface area contributed by atoms with E-state index in [4.69, 9.17) is 0 Å². The second-order valence-electron chi connectivity index (χ2n) is 4.48. The van der Waals surface area contributed by atoms with E-state index in [2.05, 4.69) is 14.5 Å². The van der Waals surface area contributed by atoms with Crippen molar-refractivity contribution in [2.45, 2.75) is 6.92 Å². The van der Waals surface area contributed by atoms with Crippen LogP contribution in [0, 0.1) is 6.92 Å². The minimum absolute atomic E-state index is 0.0666. The summed E-state index contributed by atoms with van der Waals surface area (Å²) in [5.41, 5.74) is 2.79. The smallest absolute Gasteiger partial charge is 0.356 e. The van der Waals surface area contributed by atoms with Crippen LogP contribution >= 0.6 is 0 Å². The predicted molar refractivity (Wildman–Crippen MR) is 77.1 cm³/mol. The number of hydrogen-bond donors (Lipinski definition) is 0. The number of carbonyl (C=O) groups excluding carboxylic acids is 2. The summed E-state index contributed by atoms with van der Waals surface area (Å²) >= 11 is 0. The maximum absolute atomic E-state index is 11.7. The molecule has 0 unspecified atom stereocenters. The molecule has 2 aromatic rings. The molecule has 0 aliphatic carbocycles. The van der Waals surface area contributed by atoms with Gasteiger partial charge in [-0.25, -0.2) is 14.6 Å². The quantitative estimate of drug-likeness (QED) is 0.811. The first-order valence-electron chi connectivity index (χ1n) is 6.31. The molecule has 0 atom stereocenters. The number of carbonyl (C=O) groups is 2. The van der Waals surface area contributed by atoms with Gasteiger partial charge in [-0.2, -0.15) is 0 Å². The molecule has 1 heterocycles. The van der Waals surface area contributed by atoms with Crippen LogP contribution < -0.4 is 0 Å². The number of aromatic nitrogens is 1. The minimum atomic E-state index is -0.602. The molecule has 0 N–H and O–H groups in total. The fourth-order valence-corrected chi connectivity index (χ4v) is 1.94. The second-order valence-corrected chi connectivity index (χ2v) is 4.48. The highest BCUT2D eigenvalue weighted by molar-refractivity contribution is 5.93. The van der Waals surface area contributed by atoms with Crippen molar-refractivity contribution in [2.24, 2.45) is 0 Å². The molecule has 1 aromatic heterocycles. The van der Waals surface area contributed by atoms with Gasteiger partial charge in [0.25, 0.3) is 0 Å². The minimum Gasteiger partial charge on any atom is -0.464 e. The highest BCUT2D eigenvalue weighted by Gasteiger charge is 2.16. The van der Waals surface area contributed by atoms with Gasteiger partial charge in [0.05, 0.1) is 14.2 Å². The van der Waals surface area contributed by atoms with Crippen LogP contribution in [0.4, 0.5) is 0 Å². The van der Waals surface area contributed by atoms with Gasteiger partial charge in [0.1, 0.15) is 11.4 Å². The number of pyridine rings is 1. The number of hydrogen-bond acceptors (Lipinski definition) is 5. The Hall–Kier alpha value is -2.69. The molecule has 108 valence electrons. The lowest BCUT2D eigenvalue weighted by Crippen LogP contribution is -2.11. The van der Waals surface area contributed by atoms with E-state index in [-0.39, 0.29) is 11.4 Å². The van der Waals surface area contributed by atoms with E-state index >= 15 is 0 Å². The van der Waals surface area contributed by atoms with E-state index in [0.717, 1.165) is 11.1 Å². The van der Waals surface area contributed by atoms with Crippen LogP contribution in [-0.2, 0) is 9.47 Å². The Kier molecular flexibility index (Phi) is 4.33. The number of benzene rings is 1. The summed E-state index contributed by atoms with van der Waals surface area (Å²) in [7, 11) is 2.53. The molecule has 0 amide bonds. The Balaban J connectivity index is 2.59. The zero-order valence-corrected chi connectivity index (χ0v) is 12.0. The van der Waals surface area contributed by atoms with Crippen LogP contribution in [0.3, 0.4) is 0 Å². The summed E-state index contributed by atoms with van der Waals surface area (Å²) in [6.07, 6.45) is 0. The maximum Gasteiger partial charge on any atom is 0.356 e. The van der Waals surface area contributed by atoms with Crippen molar-refractivity contribution in [1.29, 1.82) is 0 Å². The summed E-state index contributed by atoms with van der Waals surface area (Å²) in [6.45, 7) is 1.97. The molecule has 21 heavy (non-hydrogen) atoms. The third-order valence-corrected chi connectivity index (χ3v) is 2.97. The lowest BCUT2D eigenvalue weighted by atomic mass is 10.0. The number of aryl methyl sites for hydroxylation is 1. The van der Waals surface area contributed by atoms with Crippen molar-refractivity contribution in [3.63, 3.8) is 0 Å². The maximum atomic E-state index is 11.7. The molecular weight excluding hydrogens is 270 g/mol. The van der Waals surface area contributed by atoms with Gasteiger partial charge in [0.2, 0.25) is 0 Å². The lowest BCUT2D eigenvalue weighted by Gasteiger charge is -2.08. The number of methoxy groups -OCH3 is 2. The molecule has 2 rings (SSSR count). The molecule has 0 fully saturated rings. The molecule has 0 aliphatic rings. The molecule has 0 bridgehead atoms. The summed E-state index contributed by atoms with van der Waals surface area (Å²) in [5, 5.41) is 0. The van der Waals surface area contributed by atoms with Crippen LogP contribution in [0.5, 0.6) is 0 Å². The van der Waals surface area contributed by atoms with Gasteiger partial charge >= 0.3 is 11.9 Å².